The van der Waals surface area contributed by atoms with E-state index in [0.29, 0.717) is 17.5 Å². The maximum Gasteiger partial charge on any atom is 0.164 e. The van der Waals surface area contributed by atoms with E-state index < -0.39 is 5.41 Å². The smallest absolute Gasteiger partial charge is 0.164 e. The van der Waals surface area contributed by atoms with Crippen LogP contribution in [0.25, 0.3) is 45.3 Å². The van der Waals surface area contributed by atoms with Crippen LogP contribution in [0.1, 0.15) is 58.4 Å². The topological polar surface area (TPSA) is 41.9 Å². The van der Waals surface area contributed by atoms with Crippen molar-refractivity contribution in [3.8, 4) is 45.3 Å². The third-order valence-corrected chi connectivity index (χ3v) is 13.0. The molecule has 4 heteroatoms. The number of aryl methyl sites for hydroxylation is 2. The first-order valence-electron chi connectivity index (χ1n) is 21.1. The Labute approximate surface area is 357 Å². The molecule has 1 aromatic heterocycles. The van der Waals surface area contributed by atoms with Gasteiger partial charge < -0.3 is 4.90 Å². The van der Waals surface area contributed by atoms with Crippen molar-refractivity contribution < 1.29 is 0 Å². The molecule has 11 rings (SSSR count). The van der Waals surface area contributed by atoms with Gasteiger partial charge in [0.15, 0.2) is 17.5 Å². The summed E-state index contributed by atoms with van der Waals surface area (Å²) in [6.07, 6.45) is 0. The van der Waals surface area contributed by atoms with Crippen LogP contribution >= 0.6 is 0 Å². The standard InChI is InChI=1S/C57H44N4/c1-37-34-41(55-59-53(39-20-8-5-9-21-39)58-54(60-55)40-22-10-6-11-23-40)35-38(2)52(37)61-50-30-18-16-28-48(50)57(42-24-12-7-13-25-42,49-29-17-19-31-51(49)61)43-32-33-47-45(36-43)44-26-14-15-27-46(44)56(47,3)4/h5-36H,1-4H3. The molecule has 0 spiro atoms. The Bertz CT molecular complexity index is 3010. The molecule has 4 nitrogen and oxygen atoms in total. The van der Waals surface area contributed by atoms with Crippen LogP contribution in [-0.2, 0) is 10.8 Å². The maximum atomic E-state index is 5.09. The lowest BCUT2D eigenvalue weighted by Gasteiger charge is -2.47. The highest BCUT2D eigenvalue weighted by Crippen LogP contribution is 2.60. The predicted octanol–water partition coefficient (Wildman–Crippen LogP) is 14.0. The van der Waals surface area contributed by atoms with Gasteiger partial charge in [0.1, 0.15) is 0 Å². The number of anilines is 3. The summed E-state index contributed by atoms with van der Waals surface area (Å²) in [5, 5.41) is 0. The van der Waals surface area contributed by atoms with Gasteiger partial charge in [-0.25, -0.2) is 15.0 Å². The zero-order chi connectivity index (χ0) is 41.3. The molecule has 9 aromatic rings. The molecular weight excluding hydrogens is 741 g/mol. The number of aromatic nitrogens is 3. The molecule has 292 valence electrons. The summed E-state index contributed by atoms with van der Waals surface area (Å²) in [6, 6.07) is 70.2. The van der Waals surface area contributed by atoms with Crippen molar-refractivity contribution in [1.82, 2.24) is 15.0 Å². The lowest BCUT2D eigenvalue weighted by Crippen LogP contribution is -2.38. The fourth-order valence-electron chi connectivity index (χ4n) is 10.3. The first-order valence-corrected chi connectivity index (χ1v) is 21.1. The zero-order valence-electron chi connectivity index (χ0n) is 34.8. The number of para-hydroxylation sites is 2. The molecule has 0 amide bonds. The van der Waals surface area contributed by atoms with E-state index in [2.05, 4.69) is 190 Å². The highest BCUT2D eigenvalue weighted by molar-refractivity contribution is 5.92. The normalized spacial score (nSPS) is 14.1. The predicted molar refractivity (Wildman–Crippen MR) is 250 cm³/mol. The third kappa shape index (κ3) is 5.63. The highest BCUT2D eigenvalue weighted by Gasteiger charge is 2.48. The molecule has 0 bridgehead atoms. The Morgan fingerprint density at radius 3 is 1.38 bits per heavy atom. The first kappa shape index (κ1) is 36.6. The molecule has 2 aliphatic rings. The second-order valence-electron chi connectivity index (χ2n) is 16.9. The number of rotatable bonds is 6. The zero-order valence-corrected chi connectivity index (χ0v) is 34.8. The lowest BCUT2D eigenvalue weighted by molar-refractivity contribution is 0.658. The number of benzene rings is 8. The highest BCUT2D eigenvalue weighted by atomic mass is 15.2. The summed E-state index contributed by atoms with van der Waals surface area (Å²) in [6.45, 7) is 9.14. The molecule has 1 aliphatic heterocycles. The van der Waals surface area contributed by atoms with Gasteiger partial charge in [-0.2, -0.15) is 0 Å². The van der Waals surface area contributed by atoms with Gasteiger partial charge in [-0.3, -0.25) is 0 Å². The second kappa shape index (κ2) is 14.1. The van der Waals surface area contributed by atoms with E-state index in [9.17, 15) is 0 Å². The van der Waals surface area contributed by atoms with E-state index in [-0.39, 0.29) is 5.41 Å². The quantitative estimate of drug-likeness (QED) is 0.168. The van der Waals surface area contributed by atoms with Crippen molar-refractivity contribution in [2.45, 2.75) is 38.5 Å². The summed E-state index contributed by atoms with van der Waals surface area (Å²) in [7, 11) is 0. The molecule has 1 aliphatic carbocycles. The molecule has 2 heterocycles. The Morgan fingerprint density at radius 2 is 0.820 bits per heavy atom. The van der Waals surface area contributed by atoms with Gasteiger partial charge in [-0.05, 0) is 99.8 Å². The molecule has 61 heavy (non-hydrogen) atoms. The van der Waals surface area contributed by atoms with Crippen LogP contribution in [0.4, 0.5) is 17.1 Å². The van der Waals surface area contributed by atoms with Crippen molar-refractivity contribution in [2.75, 3.05) is 4.90 Å². The van der Waals surface area contributed by atoms with Gasteiger partial charge in [0.25, 0.3) is 0 Å². The first-order chi connectivity index (χ1) is 29.8. The minimum Gasteiger partial charge on any atom is -0.309 e. The fourth-order valence-corrected chi connectivity index (χ4v) is 10.3. The Balaban J connectivity index is 1.12. The molecule has 0 saturated heterocycles. The lowest BCUT2D eigenvalue weighted by atomic mass is 9.62. The van der Waals surface area contributed by atoms with Crippen LogP contribution in [0.3, 0.4) is 0 Å². The van der Waals surface area contributed by atoms with Crippen molar-refractivity contribution in [1.29, 1.82) is 0 Å². The van der Waals surface area contributed by atoms with Crippen LogP contribution in [0.2, 0.25) is 0 Å². The number of hydrogen-bond donors (Lipinski definition) is 0. The molecule has 8 aromatic carbocycles. The third-order valence-electron chi connectivity index (χ3n) is 13.0. The van der Waals surface area contributed by atoms with Crippen LogP contribution in [0, 0.1) is 13.8 Å². The second-order valence-corrected chi connectivity index (χ2v) is 16.9. The summed E-state index contributed by atoms with van der Waals surface area (Å²) in [5.74, 6) is 1.95. The van der Waals surface area contributed by atoms with Crippen molar-refractivity contribution >= 4 is 17.1 Å². The number of nitrogens with zero attached hydrogens (tertiary/aromatic N) is 4. The van der Waals surface area contributed by atoms with Crippen LogP contribution in [0.5, 0.6) is 0 Å². The van der Waals surface area contributed by atoms with E-state index in [4.69, 9.17) is 15.0 Å². The van der Waals surface area contributed by atoms with Gasteiger partial charge in [0.05, 0.1) is 22.5 Å². The minimum atomic E-state index is -0.601. The number of fused-ring (bicyclic) bond motifs is 5. The average Bonchev–Trinajstić information content (AvgIpc) is 3.54. The Kier molecular flexibility index (Phi) is 8.47. The van der Waals surface area contributed by atoms with Crippen molar-refractivity contribution in [2.24, 2.45) is 0 Å². The van der Waals surface area contributed by atoms with Gasteiger partial charge in [0.2, 0.25) is 0 Å². The summed E-state index contributed by atoms with van der Waals surface area (Å²) < 4.78 is 0. The largest absolute Gasteiger partial charge is 0.309 e. The van der Waals surface area contributed by atoms with Gasteiger partial charge >= 0.3 is 0 Å². The van der Waals surface area contributed by atoms with Crippen LogP contribution < -0.4 is 4.90 Å². The summed E-state index contributed by atoms with van der Waals surface area (Å²) >= 11 is 0. The SMILES string of the molecule is Cc1cc(-c2nc(-c3ccccc3)nc(-c3ccccc3)n2)cc(C)c1N1c2ccccc2C(c2ccccc2)(c2ccc3c(c2)-c2ccccc2C3(C)C)c2ccccc21. The molecule has 0 saturated carbocycles. The van der Waals surface area contributed by atoms with E-state index >= 15 is 0 Å². The Morgan fingerprint density at radius 1 is 0.377 bits per heavy atom. The molecule has 0 N–H and O–H groups in total. The summed E-state index contributed by atoms with van der Waals surface area (Å²) in [4.78, 5) is 17.6. The van der Waals surface area contributed by atoms with Gasteiger partial charge in [-0.15, -0.1) is 0 Å². The number of hydrogen-bond acceptors (Lipinski definition) is 4. The molecular formula is C57H44N4. The molecule has 0 unspecified atom stereocenters. The summed E-state index contributed by atoms with van der Waals surface area (Å²) in [5.41, 5.74) is 18.3. The molecule has 0 fully saturated rings. The van der Waals surface area contributed by atoms with E-state index in [1.54, 1.807) is 0 Å². The van der Waals surface area contributed by atoms with E-state index in [0.717, 1.165) is 44.9 Å². The van der Waals surface area contributed by atoms with Gasteiger partial charge in [0, 0.05) is 22.1 Å². The Hall–Kier alpha value is -7.43. The maximum absolute atomic E-state index is 5.09. The molecule has 0 radical (unpaired) electrons. The van der Waals surface area contributed by atoms with Gasteiger partial charge in [-0.1, -0.05) is 178 Å². The van der Waals surface area contributed by atoms with Crippen LogP contribution in [-0.4, -0.2) is 15.0 Å². The minimum absolute atomic E-state index is 0.0850. The fraction of sp³-hybridized carbons (Fsp3) is 0.105. The van der Waals surface area contributed by atoms with Crippen LogP contribution in [0.15, 0.2) is 194 Å². The van der Waals surface area contributed by atoms with E-state index in [1.165, 1.54) is 44.5 Å². The average molecular weight is 785 g/mol. The van der Waals surface area contributed by atoms with Crippen molar-refractivity contribution in [3.63, 3.8) is 0 Å². The van der Waals surface area contributed by atoms with Crippen molar-refractivity contribution in [3.05, 3.63) is 239 Å². The van der Waals surface area contributed by atoms with E-state index in [1.807, 2.05) is 36.4 Å². The monoisotopic (exact) mass is 784 g/mol. The molecule has 0 atom stereocenters.